The van der Waals surface area contributed by atoms with Crippen LogP contribution in [0.4, 0.5) is 0 Å². The van der Waals surface area contributed by atoms with Crippen LogP contribution in [0.15, 0.2) is 0 Å². The van der Waals surface area contributed by atoms with Crippen LogP contribution in [0.25, 0.3) is 0 Å². The topological polar surface area (TPSA) is 81.4 Å². The molecule has 0 saturated heterocycles. The number of amides is 1. The first-order chi connectivity index (χ1) is 22.6. The number of nitrogens with two attached hydrogens (primary N) is 1. The molecule has 0 aliphatic rings. The first kappa shape index (κ1) is 48.3. The highest BCUT2D eigenvalue weighted by molar-refractivity contribution is 5.85. The maximum Gasteiger partial charge on any atom is 0.322 e. The lowest BCUT2D eigenvalue weighted by Crippen LogP contribution is -2.49. The van der Waals surface area contributed by atoms with Crippen molar-refractivity contribution in [3.8, 4) is 0 Å². The Balaban J connectivity index is 0. The van der Waals surface area contributed by atoms with Crippen LogP contribution in [0, 0.1) is 0 Å². The SMILES string of the molecule is CCCCCCCCCCCCCCCCCCC(NC(CCCCCCCCCCCCCCCCCC)C(=O)OC)C(N)=O.Cl. The van der Waals surface area contributed by atoms with E-state index in [1.54, 1.807) is 0 Å². The van der Waals surface area contributed by atoms with Crippen molar-refractivity contribution in [3.63, 3.8) is 0 Å². The number of carbonyl (C=O) groups is 2. The highest BCUT2D eigenvalue weighted by atomic mass is 35.5. The van der Waals surface area contributed by atoms with Gasteiger partial charge in [-0.15, -0.1) is 12.4 Å². The molecule has 2 unspecified atom stereocenters. The summed E-state index contributed by atoms with van der Waals surface area (Å²) in [6.07, 6.45) is 43.9. The molecule has 3 N–H and O–H groups in total. The van der Waals surface area contributed by atoms with Gasteiger partial charge in [0.1, 0.15) is 6.04 Å². The quantitative estimate of drug-likeness (QED) is 0.0500. The number of ether oxygens (including phenoxy) is 1. The predicted octanol–water partition coefficient (Wildman–Crippen LogP) is 12.7. The average Bonchev–Trinajstić information content (AvgIpc) is 3.05. The summed E-state index contributed by atoms with van der Waals surface area (Å²) in [5, 5.41) is 3.26. The van der Waals surface area contributed by atoms with Gasteiger partial charge in [0.2, 0.25) is 5.91 Å². The van der Waals surface area contributed by atoms with Crippen LogP contribution < -0.4 is 11.1 Å². The van der Waals surface area contributed by atoms with Crippen molar-refractivity contribution in [2.45, 2.75) is 244 Å². The lowest BCUT2D eigenvalue weighted by Gasteiger charge is -2.22. The van der Waals surface area contributed by atoms with Gasteiger partial charge in [-0.05, 0) is 12.8 Å². The number of hydrogen-bond acceptors (Lipinski definition) is 4. The van der Waals surface area contributed by atoms with E-state index in [9.17, 15) is 9.59 Å². The second-order valence-electron chi connectivity index (χ2n) is 14.4. The van der Waals surface area contributed by atoms with Gasteiger partial charge in [0.05, 0.1) is 13.2 Å². The van der Waals surface area contributed by atoms with Gasteiger partial charge in [-0.1, -0.05) is 219 Å². The van der Waals surface area contributed by atoms with Crippen molar-refractivity contribution in [1.29, 1.82) is 0 Å². The molecule has 2 atom stereocenters. The molecule has 0 rings (SSSR count). The third-order valence-electron chi connectivity index (χ3n) is 9.92. The minimum Gasteiger partial charge on any atom is -0.468 e. The molecule has 0 aromatic rings. The third-order valence-corrected chi connectivity index (χ3v) is 9.92. The van der Waals surface area contributed by atoms with Gasteiger partial charge in [-0.25, -0.2) is 0 Å². The molecule has 5 nitrogen and oxygen atoms in total. The number of unbranched alkanes of at least 4 members (excludes halogenated alkanes) is 30. The third kappa shape index (κ3) is 34.8. The number of rotatable bonds is 38. The fourth-order valence-electron chi connectivity index (χ4n) is 6.76. The summed E-state index contributed by atoms with van der Waals surface area (Å²) < 4.78 is 5.05. The van der Waals surface area contributed by atoms with Gasteiger partial charge in [0.25, 0.3) is 0 Å². The summed E-state index contributed by atoms with van der Waals surface area (Å²) in [5.41, 5.74) is 5.73. The molecule has 0 aromatic carbocycles. The van der Waals surface area contributed by atoms with Gasteiger partial charge in [-0.3, -0.25) is 14.9 Å². The smallest absolute Gasteiger partial charge is 0.322 e. The Morgan fingerprint density at radius 2 is 0.681 bits per heavy atom. The molecule has 0 radical (unpaired) electrons. The van der Waals surface area contributed by atoms with Gasteiger partial charge in [0.15, 0.2) is 0 Å². The van der Waals surface area contributed by atoms with Gasteiger partial charge >= 0.3 is 5.97 Å². The fourth-order valence-corrected chi connectivity index (χ4v) is 6.76. The summed E-state index contributed by atoms with van der Waals surface area (Å²) >= 11 is 0. The van der Waals surface area contributed by atoms with Crippen molar-refractivity contribution >= 4 is 24.3 Å². The van der Waals surface area contributed by atoms with E-state index in [2.05, 4.69) is 19.2 Å². The molecule has 1 amide bonds. The fraction of sp³-hybridized carbons (Fsp3) is 0.951. The highest BCUT2D eigenvalue weighted by Crippen LogP contribution is 2.17. The van der Waals surface area contributed by atoms with Crippen molar-refractivity contribution in [2.24, 2.45) is 5.73 Å². The Morgan fingerprint density at radius 3 is 0.915 bits per heavy atom. The molecule has 0 saturated carbocycles. The van der Waals surface area contributed by atoms with E-state index >= 15 is 0 Å². The highest BCUT2D eigenvalue weighted by Gasteiger charge is 2.25. The number of methoxy groups -OCH3 is 1. The summed E-state index contributed by atoms with van der Waals surface area (Å²) in [5.74, 6) is -0.638. The molecule has 0 aromatic heterocycles. The van der Waals surface area contributed by atoms with Crippen LogP contribution in [-0.4, -0.2) is 31.1 Å². The largest absolute Gasteiger partial charge is 0.468 e. The van der Waals surface area contributed by atoms with Gasteiger partial charge in [0, 0.05) is 0 Å². The molecule has 0 spiro atoms. The molecule has 282 valence electrons. The van der Waals surface area contributed by atoms with E-state index < -0.39 is 12.1 Å². The van der Waals surface area contributed by atoms with Crippen molar-refractivity contribution in [1.82, 2.24) is 5.32 Å². The van der Waals surface area contributed by atoms with Crippen LogP contribution >= 0.6 is 12.4 Å². The molecule has 0 aliphatic heterocycles. The lowest BCUT2D eigenvalue weighted by atomic mass is 10.0. The van der Waals surface area contributed by atoms with E-state index in [1.165, 1.54) is 187 Å². The minimum absolute atomic E-state index is 0. The first-order valence-corrected chi connectivity index (χ1v) is 20.7. The maximum absolute atomic E-state index is 12.4. The summed E-state index contributed by atoms with van der Waals surface area (Å²) in [7, 11) is 1.43. The van der Waals surface area contributed by atoms with Crippen LogP contribution in [0.5, 0.6) is 0 Å². The number of hydrogen-bond donors (Lipinski definition) is 2. The number of carbonyl (C=O) groups excluding carboxylic acids is 2. The normalized spacial score (nSPS) is 12.5. The summed E-state index contributed by atoms with van der Waals surface area (Å²) in [6, 6.07) is -0.910. The Morgan fingerprint density at radius 1 is 0.447 bits per heavy atom. The Bertz CT molecular complexity index is 648. The van der Waals surface area contributed by atoms with Crippen LogP contribution in [0.1, 0.15) is 232 Å². The number of nitrogens with one attached hydrogen (secondary N) is 1. The maximum atomic E-state index is 12.4. The first-order valence-electron chi connectivity index (χ1n) is 20.7. The second-order valence-corrected chi connectivity index (χ2v) is 14.4. The number of halogens is 1. The number of primary amides is 1. The Kier molecular flexibility index (Phi) is 40.7. The Hall–Kier alpha value is -0.810. The molecule has 0 aliphatic carbocycles. The minimum atomic E-state index is -0.461. The van der Waals surface area contributed by atoms with E-state index in [0.29, 0.717) is 12.8 Å². The zero-order valence-electron chi connectivity index (χ0n) is 31.9. The van der Waals surface area contributed by atoms with Gasteiger partial charge < -0.3 is 10.5 Å². The van der Waals surface area contributed by atoms with Crippen molar-refractivity contribution in [3.05, 3.63) is 0 Å². The number of esters is 1. The predicted molar refractivity (Wildman–Crippen MR) is 207 cm³/mol. The second kappa shape index (κ2) is 39.6. The molecule has 6 heteroatoms. The van der Waals surface area contributed by atoms with Crippen molar-refractivity contribution in [2.75, 3.05) is 7.11 Å². The summed E-state index contributed by atoms with van der Waals surface area (Å²) in [4.78, 5) is 24.6. The van der Waals surface area contributed by atoms with E-state index in [0.717, 1.165) is 25.7 Å². The summed E-state index contributed by atoms with van der Waals surface area (Å²) in [6.45, 7) is 4.56. The molecular weight excluding hydrogens is 604 g/mol. The van der Waals surface area contributed by atoms with Gasteiger partial charge in [-0.2, -0.15) is 0 Å². The van der Waals surface area contributed by atoms with Crippen molar-refractivity contribution < 1.29 is 14.3 Å². The van der Waals surface area contributed by atoms with E-state index in [-0.39, 0.29) is 24.3 Å². The van der Waals surface area contributed by atoms with E-state index in [1.807, 2.05) is 0 Å². The monoisotopic (exact) mass is 687 g/mol. The zero-order chi connectivity index (χ0) is 33.8. The lowest BCUT2D eigenvalue weighted by molar-refractivity contribution is -0.143. The molecular formula is C41H83ClN2O3. The zero-order valence-corrected chi connectivity index (χ0v) is 32.7. The standard InChI is InChI=1S/C41H82N2O3.ClH/c1-4-6-8-10-12-14-16-18-20-22-24-26-28-30-32-34-36-38(40(42)44)43-39(41(45)46-3)37-35-33-31-29-27-25-23-21-19-17-15-13-11-9-7-5-2;/h38-39,43H,4-37H2,1-3H3,(H2,42,44);1H. The van der Waals surface area contributed by atoms with Crippen LogP contribution in [0.3, 0.4) is 0 Å². The van der Waals surface area contributed by atoms with Crippen LogP contribution in [0.2, 0.25) is 0 Å². The van der Waals surface area contributed by atoms with E-state index in [4.69, 9.17) is 10.5 Å². The molecule has 0 bridgehead atoms. The molecule has 0 heterocycles. The average molecular weight is 688 g/mol. The Labute approximate surface area is 300 Å². The molecule has 0 fully saturated rings. The molecule has 47 heavy (non-hydrogen) atoms. The van der Waals surface area contributed by atoms with Crippen LogP contribution in [-0.2, 0) is 14.3 Å².